The molecule has 2 rings (SSSR count). The average molecular weight is 284 g/mol. The summed E-state index contributed by atoms with van der Waals surface area (Å²) in [5, 5.41) is 11.4. The van der Waals surface area contributed by atoms with Gasteiger partial charge in [-0.05, 0) is 48.9 Å². The van der Waals surface area contributed by atoms with Crippen LogP contribution in [0.1, 0.15) is 11.1 Å². The SMILES string of the molecule is Cc1cc(F)ccc1OCC(=O)Nc1cccc(C#N)c1. The van der Waals surface area contributed by atoms with Gasteiger partial charge in [-0.3, -0.25) is 4.79 Å². The first-order chi connectivity index (χ1) is 10.1. The van der Waals surface area contributed by atoms with Gasteiger partial charge in [0.2, 0.25) is 0 Å². The molecule has 5 heteroatoms. The number of halogens is 1. The Kier molecular flexibility index (Phi) is 4.52. The van der Waals surface area contributed by atoms with Crippen LogP contribution in [0.2, 0.25) is 0 Å². The number of anilines is 1. The van der Waals surface area contributed by atoms with Crippen LogP contribution in [-0.2, 0) is 4.79 Å². The molecular weight excluding hydrogens is 271 g/mol. The fourth-order valence-electron chi connectivity index (χ4n) is 1.78. The Labute approximate surface area is 121 Å². The highest BCUT2D eigenvalue weighted by atomic mass is 19.1. The Bertz CT molecular complexity index is 708. The summed E-state index contributed by atoms with van der Waals surface area (Å²) in [6.45, 7) is 1.51. The van der Waals surface area contributed by atoms with E-state index in [9.17, 15) is 9.18 Å². The maximum atomic E-state index is 12.9. The van der Waals surface area contributed by atoms with E-state index in [1.165, 1.54) is 18.2 Å². The second-order valence-corrected chi connectivity index (χ2v) is 4.44. The number of aryl methyl sites for hydroxylation is 1. The van der Waals surface area contributed by atoms with Gasteiger partial charge in [0.05, 0.1) is 11.6 Å². The first-order valence-corrected chi connectivity index (χ1v) is 6.27. The van der Waals surface area contributed by atoms with Crippen LogP contribution in [0.3, 0.4) is 0 Å². The van der Waals surface area contributed by atoms with Crippen molar-refractivity contribution in [2.75, 3.05) is 11.9 Å². The number of benzene rings is 2. The van der Waals surface area contributed by atoms with Gasteiger partial charge in [-0.1, -0.05) is 6.07 Å². The molecule has 0 radical (unpaired) electrons. The number of nitrogens with zero attached hydrogens (tertiary/aromatic N) is 1. The zero-order valence-corrected chi connectivity index (χ0v) is 11.4. The number of carbonyl (C=O) groups is 1. The summed E-state index contributed by atoms with van der Waals surface area (Å²) >= 11 is 0. The molecule has 0 saturated carbocycles. The molecule has 2 aromatic carbocycles. The number of nitriles is 1. The van der Waals surface area contributed by atoms with Gasteiger partial charge >= 0.3 is 0 Å². The second-order valence-electron chi connectivity index (χ2n) is 4.44. The van der Waals surface area contributed by atoms with Crippen molar-refractivity contribution < 1.29 is 13.9 Å². The molecule has 0 saturated heterocycles. The minimum atomic E-state index is -0.353. The van der Waals surface area contributed by atoms with Crippen molar-refractivity contribution in [3.05, 3.63) is 59.4 Å². The largest absolute Gasteiger partial charge is 0.483 e. The van der Waals surface area contributed by atoms with Crippen molar-refractivity contribution in [3.63, 3.8) is 0 Å². The maximum absolute atomic E-state index is 12.9. The highest BCUT2D eigenvalue weighted by molar-refractivity contribution is 5.92. The molecule has 0 spiro atoms. The fourth-order valence-corrected chi connectivity index (χ4v) is 1.78. The number of amides is 1. The zero-order chi connectivity index (χ0) is 15.2. The number of hydrogen-bond acceptors (Lipinski definition) is 3. The Balaban J connectivity index is 1.94. The molecule has 0 fully saturated rings. The Morgan fingerprint density at radius 1 is 1.33 bits per heavy atom. The monoisotopic (exact) mass is 284 g/mol. The van der Waals surface area contributed by atoms with Crippen LogP contribution in [-0.4, -0.2) is 12.5 Å². The number of hydrogen-bond donors (Lipinski definition) is 1. The van der Waals surface area contributed by atoms with E-state index >= 15 is 0 Å². The van der Waals surface area contributed by atoms with E-state index in [2.05, 4.69) is 5.32 Å². The lowest BCUT2D eigenvalue weighted by atomic mass is 10.2. The summed E-state index contributed by atoms with van der Waals surface area (Å²) in [6.07, 6.45) is 0. The summed E-state index contributed by atoms with van der Waals surface area (Å²) < 4.78 is 18.3. The van der Waals surface area contributed by atoms with E-state index in [1.54, 1.807) is 31.2 Å². The van der Waals surface area contributed by atoms with E-state index in [-0.39, 0.29) is 18.3 Å². The summed E-state index contributed by atoms with van der Waals surface area (Å²) in [7, 11) is 0. The van der Waals surface area contributed by atoms with Gasteiger partial charge in [-0.25, -0.2) is 4.39 Å². The minimum absolute atomic E-state index is 0.191. The Hall–Kier alpha value is -2.87. The van der Waals surface area contributed by atoms with Crippen LogP contribution < -0.4 is 10.1 Å². The molecule has 0 aliphatic rings. The van der Waals surface area contributed by atoms with Crippen LogP contribution in [0, 0.1) is 24.1 Å². The highest BCUT2D eigenvalue weighted by Gasteiger charge is 2.06. The molecule has 1 N–H and O–H groups in total. The molecular formula is C16H13FN2O2. The summed E-state index contributed by atoms with van der Waals surface area (Å²) in [6, 6.07) is 12.7. The fraction of sp³-hybridized carbons (Fsp3) is 0.125. The van der Waals surface area contributed by atoms with Crippen molar-refractivity contribution in [3.8, 4) is 11.8 Å². The molecule has 0 aromatic heterocycles. The quantitative estimate of drug-likeness (QED) is 0.938. The Morgan fingerprint density at radius 2 is 2.14 bits per heavy atom. The van der Waals surface area contributed by atoms with Crippen molar-refractivity contribution in [2.45, 2.75) is 6.92 Å². The highest BCUT2D eigenvalue weighted by Crippen LogP contribution is 2.18. The number of ether oxygens (including phenoxy) is 1. The first-order valence-electron chi connectivity index (χ1n) is 6.27. The summed E-state index contributed by atoms with van der Waals surface area (Å²) in [4.78, 5) is 11.8. The van der Waals surface area contributed by atoms with Crippen molar-refractivity contribution in [1.82, 2.24) is 0 Å². The maximum Gasteiger partial charge on any atom is 0.262 e. The molecule has 0 bridgehead atoms. The van der Waals surface area contributed by atoms with E-state index in [4.69, 9.17) is 10.00 Å². The smallest absolute Gasteiger partial charge is 0.262 e. The van der Waals surface area contributed by atoms with Crippen LogP contribution in [0.15, 0.2) is 42.5 Å². The predicted octanol–water partition coefficient (Wildman–Crippen LogP) is 3.02. The minimum Gasteiger partial charge on any atom is -0.483 e. The first kappa shape index (κ1) is 14.5. The van der Waals surface area contributed by atoms with Crippen molar-refractivity contribution in [1.29, 1.82) is 5.26 Å². The van der Waals surface area contributed by atoms with Crippen molar-refractivity contribution >= 4 is 11.6 Å². The molecule has 0 aliphatic carbocycles. The molecule has 0 aliphatic heterocycles. The lowest BCUT2D eigenvalue weighted by Crippen LogP contribution is -2.20. The van der Waals surface area contributed by atoms with Crippen LogP contribution >= 0.6 is 0 Å². The van der Waals surface area contributed by atoms with Gasteiger partial charge in [-0.15, -0.1) is 0 Å². The molecule has 4 nitrogen and oxygen atoms in total. The topological polar surface area (TPSA) is 62.1 Å². The van der Waals surface area contributed by atoms with Gasteiger partial charge in [0.25, 0.3) is 5.91 Å². The molecule has 1 amide bonds. The lowest BCUT2D eigenvalue weighted by Gasteiger charge is -2.09. The molecule has 0 atom stereocenters. The lowest BCUT2D eigenvalue weighted by molar-refractivity contribution is -0.118. The second kappa shape index (κ2) is 6.53. The van der Waals surface area contributed by atoms with Crippen molar-refractivity contribution in [2.24, 2.45) is 0 Å². The summed E-state index contributed by atoms with van der Waals surface area (Å²) in [5.41, 5.74) is 1.61. The average Bonchev–Trinajstić information content (AvgIpc) is 2.46. The number of rotatable bonds is 4. The Morgan fingerprint density at radius 3 is 2.86 bits per heavy atom. The predicted molar refractivity (Wildman–Crippen MR) is 76.4 cm³/mol. The van der Waals surface area contributed by atoms with E-state index in [0.29, 0.717) is 22.6 Å². The normalized spacial score (nSPS) is 9.76. The van der Waals surface area contributed by atoms with Crippen LogP contribution in [0.4, 0.5) is 10.1 Å². The third-order valence-corrected chi connectivity index (χ3v) is 2.77. The molecule has 0 unspecified atom stereocenters. The third kappa shape index (κ3) is 4.05. The van der Waals surface area contributed by atoms with Crippen LogP contribution in [0.5, 0.6) is 5.75 Å². The van der Waals surface area contributed by atoms with Gasteiger partial charge < -0.3 is 10.1 Å². The van der Waals surface area contributed by atoms with Gasteiger partial charge in [0.15, 0.2) is 6.61 Å². The number of nitrogens with one attached hydrogen (secondary N) is 1. The zero-order valence-electron chi connectivity index (χ0n) is 11.4. The van der Waals surface area contributed by atoms with Gasteiger partial charge in [0, 0.05) is 5.69 Å². The molecule has 0 heterocycles. The number of carbonyl (C=O) groups excluding carboxylic acids is 1. The van der Waals surface area contributed by atoms with Crippen LogP contribution in [0.25, 0.3) is 0 Å². The third-order valence-electron chi connectivity index (χ3n) is 2.77. The molecule has 21 heavy (non-hydrogen) atoms. The standard InChI is InChI=1S/C16H13FN2O2/c1-11-7-13(17)5-6-15(11)21-10-16(20)19-14-4-2-3-12(8-14)9-18/h2-8H,10H2,1H3,(H,19,20). The van der Waals surface area contributed by atoms with Gasteiger partial charge in [0.1, 0.15) is 11.6 Å². The van der Waals surface area contributed by atoms with E-state index in [0.717, 1.165) is 0 Å². The van der Waals surface area contributed by atoms with Gasteiger partial charge in [-0.2, -0.15) is 5.26 Å². The van der Waals surface area contributed by atoms with E-state index in [1.807, 2.05) is 6.07 Å². The molecule has 2 aromatic rings. The molecule has 106 valence electrons. The summed E-state index contributed by atoms with van der Waals surface area (Å²) in [5.74, 6) is -0.247. The van der Waals surface area contributed by atoms with E-state index < -0.39 is 0 Å².